The predicted octanol–water partition coefficient (Wildman–Crippen LogP) is 2.88. The quantitative estimate of drug-likeness (QED) is 0.102. The molecule has 18 heteroatoms. The molecule has 0 radical (unpaired) electrons. The van der Waals surface area contributed by atoms with Crippen LogP contribution in [-0.4, -0.2) is 79.8 Å². The summed E-state index contributed by atoms with van der Waals surface area (Å²) in [6.07, 6.45) is -2.41. The summed E-state index contributed by atoms with van der Waals surface area (Å²) in [5, 5.41) is 22.6. The summed E-state index contributed by atoms with van der Waals surface area (Å²) in [6, 6.07) is 13.2. The SMILES string of the molecule is CCOC(=O)CCc1ccccc1OP(=O)(OC[C@H]1O[C@@H](n2cnc3c(N)nc(N)nc32)[C@@](C)(O)[C@H]1O)Oc1ccccc1CCC(=O)OC. The molecule has 0 bridgehead atoms. The van der Waals surface area contributed by atoms with Crippen LogP contribution in [0.5, 0.6) is 11.5 Å². The van der Waals surface area contributed by atoms with Crippen LogP contribution in [0.1, 0.15) is 44.0 Å². The lowest BCUT2D eigenvalue weighted by atomic mass is 9.96. The summed E-state index contributed by atoms with van der Waals surface area (Å²) < 4.78 is 49.5. The number of methoxy groups -OCH3 is 1. The van der Waals surface area contributed by atoms with Crippen molar-refractivity contribution in [3.63, 3.8) is 0 Å². The van der Waals surface area contributed by atoms with Gasteiger partial charge < -0.3 is 44.9 Å². The number of aryl methyl sites for hydroxylation is 2. The van der Waals surface area contributed by atoms with Crippen LogP contribution in [0.25, 0.3) is 11.2 Å². The van der Waals surface area contributed by atoms with Gasteiger partial charge in [0, 0.05) is 12.8 Å². The van der Waals surface area contributed by atoms with Crippen LogP contribution in [0, 0.1) is 0 Å². The number of imidazole rings is 1. The largest absolute Gasteiger partial charge is 0.587 e. The van der Waals surface area contributed by atoms with Gasteiger partial charge in [-0.15, -0.1) is 0 Å². The maximum absolute atomic E-state index is 14.6. The zero-order valence-electron chi connectivity index (χ0n) is 27.6. The van der Waals surface area contributed by atoms with Gasteiger partial charge in [-0.1, -0.05) is 36.4 Å². The van der Waals surface area contributed by atoms with Crippen molar-refractivity contribution >= 4 is 42.7 Å². The molecule has 0 aliphatic carbocycles. The number of aromatic nitrogens is 4. The Balaban J connectivity index is 1.43. The van der Waals surface area contributed by atoms with Crippen molar-refractivity contribution in [3.05, 3.63) is 66.0 Å². The molecule has 268 valence electrons. The number of aliphatic hydroxyl groups is 2. The summed E-state index contributed by atoms with van der Waals surface area (Å²) in [4.78, 5) is 36.2. The molecule has 2 aromatic heterocycles. The first-order chi connectivity index (χ1) is 23.8. The Kier molecular flexibility index (Phi) is 11.2. The smallest absolute Gasteiger partial charge is 0.469 e. The van der Waals surface area contributed by atoms with Crippen molar-refractivity contribution in [1.29, 1.82) is 0 Å². The lowest BCUT2D eigenvalue weighted by molar-refractivity contribution is -0.143. The van der Waals surface area contributed by atoms with Gasteiger partial charge in [0.1, 0.15) is 34.8 Å². The molecule has 4 aromatic rings. The number of hydrogen-bond donors (Lipinski definition) is 4. The third-order valence-corrected chi connectivity index (χ3v) is 9.27. The van der Waals surface area contributed by atoms with Crippen LogP contribution >= 0.6 is 7.82 Å². The van der Waals surface area contributed by atoms with Gasteiger partial charge in [0.25, 0.3) is 0 Å². The number of carbonyl (C=O) groups excluding carboxylic acids is 2. The van der Waals surface area contributed by atoms with Crippen molar-refractivity contribution in [1.82, 2.24) is 19.5 Å². The molecule has 6 N–H and O–H groups in total. The number of nitrogens with zero attached hydrogens (tertiary/aromatic N) is 4. The number of esters is 2. The molecular formula is C32H39N6O11P. The van der Waals surface area contributed by atoms with E-state index in [0.717, 1.165) is 0 Å². The van der Waals surface area contributed by atoms with Gasteiger partial charge in [-0.2, -0.15) is 9.97 Å². The molecule has 1 saturated heterocycles. The van der Waals surface area contributed by atoms with Crippen molar-refractivity contribution < 1.29 is 52.1 Å². The van der Waals surface area contributed by atoms with Crippen LogP contribution in [0.2, 0.25) is 0 Å². The van der Waals surface area contributed by atoms with E-state index in [1.54, 1.807) is 43.3 Å². The van der Waals surface area contributed by atoms with Crippen LogP contribution < -0.4 is 20.5 Å². The normalized spacial score (nSPS) is 21.4. The maximum Gasteiger partial charge on any atom is 0.587 e. The first-order valence-electron chi connectivity index (χ1n) is 15.7. The fourth-order valence-corrected chi connectivity index (χ4v) is 6.70. The number of rotatable bonds is 15. The maximum atomic E-state index is 14.6. The number of anilines is 2. The molecule has 2 aromatic carbocycles. The first-order valence-corrected chi connectivity index (χ1v) is 17.1. The number of benzene rings is 2. The van der Waals surface area contributed by atoms with Crippen molar-refractivity contribution in [3.8, 4) is 11.5 Å². The van der Waals surface area contributed by atoms with E-state index in [-0.39, 0.29) is 66.7 Å². The number of fused-ring (bicyclic) bond motifs is 1. The number of phosphoric acid groups is 1. The number of para-hydroxylation sites is 2. The molecule has 0 saturated carbocycles. The van der Waals surface area contributed by atoms with Crippen LogP contribution in [0.3, 0.4) is 0 Å². The Morgan fingerprint density at radius 2 is 1.60 bits per heavy atom. The standard InChI is InChI=1S/C32H39N6O11P/c1-4-45-25(40)16-14-20-10-6-8-12-22(20)49-50(43,48-21-11-7-5-9-19(21)13-15-24(39)44-3)46-17-23-27(41)32(2,42)30(47-23)38-18-35-26-28(33)36-31(34)37-29(26)38/h5-12,18,23,27,30,41-42H,4,13-17H2,1-3H3,(H4,33,34,36,37)/t23-,27+,30-,32+,50?/m1/s1. The molecule has 1 aliphatic rings. The van der Waals surface area contributed by atoms with E-state index < -0.39 is 50.4 Å². The molecule has 0 spiro atoms. The number of hydrogen-bond acceptors (Lipinski definition) is 16. The Bertz CT molecular complexity index is 1890. The number of ether oxygens (including phenoxy) is 3. The molecular weight excluding hydrogens is 675 g/mol. The van der Waals surface area contributed by atoms with Crippen molar-refractivity contribution in [2.75, 3.05) is 31.8 Å². The monoisotopic (exact) mass is 714 g/mol. The van der Waals surface area contributed by atoms with Gasteiger partial charge >= 0.3 is 19.8 Å². The zero-order chi connectivity index (χ0) is 36.1. The fourth-order valence-electron chi connectivity index (χ4n) is 5.39. The van der Waals surface area contributed by atoms with Crippen LogP contribution in [-0.2, 0) is 45.7 Å². The molecule has 1 unspecified atom stereocenters. The third-order valence-electron chi connectivity index (χ3n) is 7.97. The highest BCUT2D eigenvalue weighted by molar-refractivity contribution is 7.49. The summed E-state index contributed by atoms with van der Waals surface area (Å²) in [5.41, 5.74) is 11.1. The van der Waals surface area contributed by atoms with Gasteiger partial charge in [-0.05, 0) is 49.9 Å². The van der Waals surface area contributed by atoms with E-state index in [4.69, 9.17) is 39.2 Å². The highest BCUT2D eigenvalue weighted by Gasteiger charge is 2.54. The second kappa shape index (κ2) is 15.4. The van der Waals surface area contributed by atoms with Crippen molar-refractivity contribution in [2.45, 2.75) is 63.6 Å². The molecule has 0 amide bonds. The number of nitrogens with two attached hydrogens (primary N) is 2. The fraction of sp³-hybridized carbons (Fsp3) is 0.406. The third kappa shape index (κ3) is 8.14. The van der Waals surface area contributed by atoms with E-state index in [9.17, 15) is 24.4 Å². The van der Waals surface area contributed by atoms with Crippen LogP contribution in [0.15, 0.2) is 54.9 Å². The van der Waals surface area contributed by atoms with Crippen LogP contribution in [0.4, 0.5) is 11.8 Å². The lowest BCUT2D eigenvalue weighted by Crippen LogP contribution is -2.44. The molecule has 1 aliphatic heterocycles. The molecule has 50 heavy (non-hydrogen) atoms. The summed E-state index contributed by atoms with van der Waals surface area (Å²) in [7, 11) is -3.39. The van der Waals surface area contributed by atoms with Crippen molar-refractivity contribution in [2.24, 2.45) is 0 Å². The van der Waals surface area contributed by atoms with Gasteiger partial charge in [0.15, 0.2) is 17.7 Å². The number of carbonyl (C=O) groups is 2. The molecule has 5 rings (SSSR count). The van der Waals surface area contributed by atoms with Gasteiger partial charge in [-0.25, -0.2) is 9.55 Å². The van der Waals surface area contributed by atoms with E-state index in [1.807, 2.05) is 0 Å². The Morgan fingerprint density at radius 3 is 2.20 bits per heavy atom. The second-order valence-electron chi connectivity index (χ2n) is 11.5. The lowest BCUT2D eigenvalue weighted by Gasteiger charge is -2.27. The number of aliphatic hydroxyl groups excluding tert-OH is 1. The molecule has 17 nitrogen and oxygen atoms in total. The second-order valence-corrected chi connectivity index (χ2v) is 13.0. The zero-order valence-corrected chi connectivity index (χ0v) is 28.5. The van der Waals surface area contributed by atoms with E-state index >= 15 is 0 Å². The average molecular weight is 715 g/mol. The molecule has 5 atom stereocenters. The molecule has 3 heterocycles. The topological polar surface area (TPSA) is 243 Å². The average Bonchev–Trinajstić information content (AvgIpc) is 3.60. The summed E-state index contributed by atoms with van der Waals surface area (Å²) >= 11 is 0. The van der Waals surface area contributed by atoms with E-state index in [2.05, 4.69) is 15.0 Å². The molecule has 1 fully saturated rings. The summed E-state index contributed by atoms with van der Waals surface area (Å²) in [6.45, 7) is 2.67. The van der Waals surface area contributed by atoms with E-state index in [0.29, 0.717) is 11.1 Å². The van der Waals surface area contributed by atoms with Gasteiger partial charge in [-0.3, -0.25) is 18.7 Å². The minimum Gasteiger partial charge on any atom is -0.469 e. The Hall–Kier alpha value is -4.80. The Morgan fingerprint density at radius 1 is 1.00 bits per heavy atom. The predicted molar refractivity (Wildman–Crippen MR) is 178 cm³/mol. The van der Waals surface area contributed by atoms with Gasteiger partial charge in [0.05, 0.1) is 26.7 Å². The minimum atomic E-state index is -4.66. The minimum absolute atomic E-state index is 0.00830. The van der Waals surface area contributed by atoms with E-state index in [1.165, 1.54) is 37.1 Å². The highest BCUT2D eigenvalue weighted by Crippen LogP contribution is 2.52. The van der Waals surface area contributed by atoms with Gasteiger partial charge in [0.2, 0.25) is 5.95 Å². The highest BCUT2D eigenvalue weighted by atomic mass is 31.2. The summed E-state index contributed by atoms with van der Waals surface area (Å²) in [5.74, 6) is -0.809. The number of nitrogen functional groups attached to an aromatic ring is 2. The Labute approximate surface area is 287 Å². The first kappa shape index (κ1) is 36.5. The number of phosphoric ester groups is 1.